The average Bonchev–Trinajstić information content (AvgIpc) is 2.47. The number of nitrogens with zero attached hydrogens (tertiary/aromatic N) is 1. The van der Waals surface area contributed by atoms with Crippen LogP contribution in [0.4, 0.5) is 13.2 Å². The Morgan fingerprint density at radius 3 is 2.71 bits per heavy atom. The fraction of sp³-hybridized carbons (Fsp3) is 0.312. The number of halogens is 3. The number of pyridine rings is 1. The molecule has 1 unspecified atom stereocenters. The largest absolute Gasteiger partial charge is 0.310 e. The Kier molecular flexibility index (Phi) is 5.33. The van der Waals surface area contributed by atoms with Crippen LogP contribution in [0, 0.1) is 17.5 Å². The van der Waals surface area contributed by atoms with E-state index < -0.39 is 17.5 Å². The second-order valence-electron chi connectivity index (χ2n) is 4.86. The van der Waals surface area contributed by atoms with E-state index in [1.165, 1.54) is 24.4 Å². The lowest BCUT2D eigenvalue weighted by Gasteiger charge is -2.19. The lowest BCUT2D eigenvalue weighted by molar-refractivity contribution is 0.475. The Labute approximate surface area is 122 Å². The van der Waals surface area contributed by atoms with E-state index in [4.69, 9.17) is 0 Å². The molecule has 0 saturated heterocycles. The van der Waals surface area contributed by atoms with Gasteiger partial charge in [0.25, 0.3) is 0 Å². The van der Waals surface area contributed by atoms with Crippen LogP contribution in [0.5, 0.6) is 0 Å². The lowest BCUT2D eigenvalue weighted by atomic mass is 9.99. The summed E-state index contributed by atoms with van der Waals surface area (Å²) >= 11 is 0. The molecule has 1 heterocycles. The molecule has 5 heteroatoms. The number of benzene rings is 1. The van der Waals surface area contributed by atoms with Crippen molar-refractivity contribution >= 4 is 0 Å². The molecule has 0 spiro atoms. The number of rotatable bonds is 6. The molecular weight excluding hydrogens is 277 g/mol. The van der Waals surface area contributed by atoms with E-state index >= 15 is 0 Å². The molecule has 1 N–H and O–H groups in total. The summed E-state index contributed by atoms with van der Waals surface area (Å²) in [5, 5.41) is 3.21. The maximum Gasteiger partial charge on any atom is 0.162 e. The molecule has 0 aliphatic carbocycles. The minimum atomic E-state index is -0.876. The molecule has 0 radical (unpaired) electrons. The summed E-state index contributed by atoms with van der Waals surface area (Å²) in [6, 6.07) is 5.12. The van der Waals surface area contributed by atoms with Crippen molar-refractivity contribution in [2.45, 2.75) is 25.8 Å². The predicted molar refractivity (Wildman–Crippen MR) is 75.3 cm³/mol. The zero-order valence-electron chi connectivity index (χ0n) is 11.7. The van der Waals surface area contributed by atoms with Crippen LogP contribution >= 0.6 is 0 Å². The van der Waals surface area contributed by atoms with Crippen LogP contribution in [0.25, 0.3) is 0 Å². The highest BCUT2D eigenvalue weighted by Crippen LogP contribution is 2.21. The van der Waals surface area contributed by atoms with E-state index in [-0.39, 0.29) is 18.0 Å². The first-order chi connectivity index (χ1) is 10.1. The van der Waals surface area contributed by atoms with Gasteiger partial charge in [0.15, 0.2) is 11.6 Å². The Hall–Kier alpha value is -1.88. The first kappa shape index (κ1) is 15.5. The van der Waals surface area contributed by atoms with Crippen LogP contribution in [-0.4, -0.2) is 11.5 Å². The Morgan fingerprint density at radius 2 is 2.00 bits per heavy atom. The summed E-state index contributed by atoms with van der Waals surface area (Å²) in [7, 11) is 0. The van der Waals surface area contributed by atoms with Gasteiger partial charge >= 0.3 is 0 Å². The normalized spacial score (nSPS) is 12.4. The third kappa shape index (κ3) is 4.04. The predicted octanol–water partition coefficient (Wildman–Crippen LogP) is 3.78. The van der Waals surface area contributed by atoms with Gasteiger partial charge < -0.3 is 5.32 Å². The molecule has 2 nitrogen and oxygen atoms in total. The SMILES string of the molecule is CCCNC(Cc1cccc(F)c1F)c1cncc(F)c1. The zero-order chi connectivity index (χ0) is 15.2. The van der Waals surface area contributed by atoms with E-state index in [9.17, 15) is 13.2 Å². The standard InChI is InChI=1S/C16H17F3N2/c1-2-6-21-15(12-7-13(17)10-20-9-12)8-11-4-3-5-14(18)16(11)19/h3-5,7,9-10,15,21H,2,6,8H2,1H3. The highest BCUT2D eigenvalue weighted by atomic mass is 19.2. The van der Waals surface area contributed by atoms with Crippen LogP contribution in [0.15, 0.2) is 36.7 Å². The van der Waals surface area contributed by atoms with Crippen molar-refractivity contribution in [2.75, 3.05) is 6.54 Å². The third-order valence-electron chi connectivity index (χ3n) is 3.22. The Bertz CT molecular complexity index is 602. The van der Waals surface area contributed by atoms with Crippen LogP contribution in [0.1, 0.15) is 30.5 Å². The number of nitrogens with one attached hydrogen (secondary N) is 1. The second kappa shape index (κ2) is 7.22. The molecule has 112 valence electrons. The van der Waals surface area contributed by atoms with Crippen molar-refractivity contribution in [1.29, 1.82) is 0 Å². The van der Waals surface area contributed by atoms with Crippen LogP contribution in [-0.2, 0) is 6.42 Å². The maximum atomic E-state index is 13.8. The highest BCUT2D eigenvalue weighted by molar-refractivity contribution is 5.24. The third-order valence-corrected chi connectivity index (χ3v) is 3.22. The topological polar surface area (TPSA) is 24.9 Å². The number of hydrogen-bond donors (Lipinski definition) is 1. The van der Waals surface area contributed by atoms with Gasteiger partial charge in [-0.1, -0.05) is 19.1 Å². The molecule has 0 aliphatic rings. The Morgan fingerprint density at radius 1 is 1.19 bits per heavy atom. The summed E-state index contributed by atoms with van der Waals surface area (Å²) in [6.07, 6.45) is 3.76. The molecule has 1 atom stereocenters. The van der Waals surface area contributed by atoms with Gasteiger partial charge in [-0.05, 0) is 42.6 Å². The second-order valence-corrected chi connectivity index (χ2v) is 4.86. The zero-order valence-corrected chi connectivity index (χ0v) is 11.7. The van der Waals surface area contributed by atoms with Gasteiger partial charge in [-0.3, -0.25) is 4.98 Å². The first-order valence-electron chi connectivity index (χ1n) is 6.88. The highest BCUT2D eigenvalue weighted by Gasteiger charge is 2.16. The van der Waals surface area contributed by atoms with Crippen molar-refractivity contribution in [1.82, 2.24) is 10.3 Å². The lowest BCUT2D eigenvalue weighted by Crippen LogP contribution is -2.24. The van der Waals surface area contributed by atoms with Crippen LogP contribution in [0.3, 0.4) is 0 Å². The smallest absolute Gasteiger partial charge is 0.162 e. The molecule has 0 bridgehead atoms. The van der Waals surface area contributed by atoms with Crippen molar-refractivity contribution in [3.63, 3.8) is 0 Å². The summed E-state index contributed by atoms with van der Waals surface area (Å²) in [4.78, 5) is 3.81. The molecular formula is C16H17F3N2. The van der Waals surface area contributed by atoms with E-state index in [0.717, 1.165) is 18.7 Å². The van der Waals surface area contributed by atoms with E-state index in [0.29, 0.717) is 12.1 Å². The van der Waals surface area contributed by atoms with Gasteiger partial charge in [0.05, 0.1) is 6.20 Å². The van der Waals surface area contributed by atoms with E-state index in [1.807, 2.05) is 6.92 Å². The molecule has 21 heavy (non-hydrogen) atoms. The maximum absolute atomic E-state index is 13.8. The minimum absolute atomic E-state index is 0.231. The van der Waals surface area contributed by atoms with Crippen LogP contribution < -0.4 is 5.32 Å². The van der Waals surface area contributed by atoms with Gasteiger partial charge in [-0.2, -0.15) is 0 Å². The summed E-state index contributed by atoms with van der Waals surface area (Å²) in [6.45, 7) is 2.69. The van der Waals surface area contributed by atoms with Crippen molar-refractivity contribution < 1.29 is 13.2 Å². The van der Waals surface area contributed by atoms with Crippen LogP contribution in [0.2, 0.25) is 0 Å². The minimum Gasteiger partial charge on any atom is -0.310 e. The summed E-state index contributed by atoms with van der Waals surface area (Å²) < 4.78 is 40.4. The molecule has 0 amide bonds. The quantitative estimate of drug-likeness (QED) is 0.877. The van der Waals surface area contributed by atoms with Gasteiger partial charge in [0, 0.05) is 12.2 Å². The van der Waals surface area contributed by atoms with Crippen molar-refractivity contribution in [2.24, 2.45) is 0 Å². The monoisotopic (exact) mass is 294 g/mol. The number of aromatic nitrogens is 1. The fourth-order valence-corrected chi connectivity index (χ4v) is 2.17. The summed E-state index contributed by atoms with van der Waals surface area (Å²) in [5.41, 5.74) is 0.875. The van der Waals surface area contributed by atoms with Gasteiger partial charge in [0.2, 0.25) is 0 Å². The van der Waals surface area contributed by atoms with Gasteiger partial charge in [-0.15, -0.1) is 0 Å². The summed E-state index contributed by atoms with van der Waals surface area (Å²) in [5.74, 6) is -2.18. The van der Waals surface area contributed by atoms with E-state index in [2.05, 4.69) is 10.3 Å². The molecule has 1 aromatic carbocycles. The molecule has 0 fully saturated rings. The molecule has 2 rings (SSSR count). The van der Waals surface area contributed by atoms with Gasteiger partial charge in [0.1, 0.15) is 5.82 Å². The fourth-order valence-electron chi connectivity index (χ4n) is 2.17. The molecule has 1 aromatic heterocycles. The average molecular weight is 294 g/mol. The van der Waals surface area contributed by atoms with Crippen molar-refractivity contribution in [3.8, 4) is 0 Å². The molecule has 0 saturated carbocycles. The first-order valence-corrected chi connectivity index (χ1v) is 6.88. The number of hydrogen-bond acceptors (Lipinski definition) is 2. The van der Waals surface area contributed by atoms with Crippen molar-refractivity contribution in [3.05, 3.63) is 65.2 Å². The Balaban J connectivity index is 2.26. The van der Waals surface area contributed by atoms with Gasteiger partial charge in [-0.25, -0.2) is 13.2 Å². The van der Waals surface area contributed by atoms with E-state index in [1.54, 1.807) is 0 Å². The molecule has 2 aromatic rings. The molecule has 0 aliphatic heterocycles.